The topological polar surface area (TPSA) is 104 Å². The lowest BCUT2D eigenvalue weighted by molar-refractivity contribution is -0.453. The number of fused-ring (bicyclic) bond motifs is 4. The highest BCUT2D eigenvalue weighted by atomic mass is 19.1. The number of hydrogen-bond donors (Lipinski definition) is 1. The van der Waals surface area contributed by atoms with E-state index < -0.39 is 11.4 Å². The van der Waals surface area contributed by atoms with Crippen LogP contribution in [0, 0.1) is 5.82 Å². The summed E-state index contributed by atoms with van der Waals surface area (Å²) in [4.78, 5) is 23.2. The number of carbonyl (C=O) groups excluding carboxylic acids is 1. The molecule has 1 N–H and O–H groups in total. The number of hydrazone groups is 1. The normalized spacial score (nSPS) is 16.5. The largest absolute Gasteiger partial charge is 0.475 e. The molecule has 0 saturated carbocycles. The van der Waals surface area contributed by atoms with Crippen molar-refractivity contribution in [3.05, 3.63) is 66.6 Å². The molecule has 43 heavy (non-hydrogen) atoms. The first-order valence-corrected chi connectivity index (χ1v) is 14.1. The third-order valence-corrected chi connectivity index (χ3v) is 6.99. The van der Waals surface area contributed by atoms with E-state index in [9.17, 15) is 4.79 Å². The number of hydrogen-bond acceptors (Lipinski definition) is 9. The van der Waals surface area contributed by atoms with Gasteiger partial charge in [0.15, 0.2) is 13.2 Å². The molecule has 12 heteroatoms. The van der Waals surface area contributed by atoms with E-state index in [1.165, 1.54) is 12.4 Å². The molecule has 0 fully saturated rings. The van der Waals surface area contributed by atoms with Crippen LogP contribution < -0.4 is 14.8 Å². The molecule has 0 bridgehead atoms. The third kappa shape index (κ3) is 5.99. The van der Waals surface area contributed by atoms with E-state index in [2.05, 4.69) is 25.0 Å². The van der Waals surface area contributed by atoms with Crippen LogP contribution in [0.3, 0.4) is 0 Å². The lowest BCUT2D eigenvalue weighted by atomic mass is 10.1. The molecular formula is C31H33FN7O4+. The fourth-order valence-electron chi connectivity index (χ4n) is 5.09. The maximum atomic E-state index is 15.3. The number of nitrogens with one attached hydrogen (secondary N) is 1. The Morgan fingerprint density at radius 2 is 2.09 bits per heavy atom. The van der Waals surface area contributed by atoms with Gasteiger partial charge in [0, 0.05) is 24.5 Å². The van der Waals surface area contributed by atoms with Crippen molar-refractivity contribution in [3.63, 3.8) is 0 Å². The molecule has 3 aromatic rings. The van der Waals surface area contributed by atoms with E-state index >= 15 is 4.39 Å². The Labute approximate surface area is 248 Å². The quantitative estimate of drug-likeness (QED) is 0.316. The van der Waals surface area contributed by atoms with Crippen LogP contribution in [0.5, 0.6) is 11.5 Å². The lowest BCUT2D eigenvalue weighted by Gasteiger charge is -2.31. The predicted octanol–water partition coefficient (Wildman–Crippen LogP) is 5.34. The van der Waals surface area contributed by atoms with Crippen LogP contribution in [0.1, 0.15) is 27.7 Å². The maximum absolute atomic E-state index is 15.3. The molecule has 1 amide bonds. The molecule has 0 spiro atoms. The van der Waals surface area contributed by atoms with Crippen molar-refractivity contribution in [3.8, 4) is 11.5 Å². The summed E-state index contributed by atoms with van der Waals surface area (Å²) in [6.07, 6.45) is 8.23. The summed E-state index contributed by atoms with van der Waals surface area (Å²) in [6.45, 7) is 9.74. The number of aromatic nitrogens is 2. The summed E-state index contributed by atoms with van der Waals surface area (Å²) in [6, 6.07) is 8.47. The van der Waals surface area contributed by atoms with Crippen molar-refractivity contribution >= 4 is 46.1 Å². The Hall–Kier alpha value is -5.00. The van der Waals surface area contributed by atoms with E-state index in [1.54, 1.807) is 40.5 Å². The summed E-state index contributed by atoms with van der Waals surface area (Å²) >= 11 is 0. The molecule has 4 heterocycles. The molecule has 0 unspecified atom stereocenters. The number of allylic oxidation sites excluding steroid dienone is 1. The number of benzene rings is 2. The van der Waals surface area contributed by atoms with Gasteiger partial charge in [-0.3, -0.25) is 9.91 Å². The SMILES string of the molecule is C/C=N\N1C=CC(Oc2ccc(Nc3ncnc4ccc5c(c34)OCC3=[N+]5CCN(C(=O)OC(C)(C)C)C3)c(F)c2)=CC1. The Morgan fingerprint density at radius 3 is 2.84 bits per heavy atom. The molecule has 11 nitrogen and oxygen atoms in total. The monoisotopic (exact) mass is 586 g/mol. The zero-order chi connectivity index (χ0) is 30.1. The number of nitrogens with zero attached hydrogens (tertiary/aromatic N) is 6. The first-order valence-electron chi connectivity index (χ1n) is 14.1. The summed E-state index contributed by atoms with van der Waals surface area (Å²) < 4.78 is 35.1. The standard InChI is InChI=1S/C31H33FN7O4/c1-5-35-38-12-10-21(11-13-38)42-22-6-7-24(23(32)16-22)36-29-27-25(33-19-34-29)8-9-26-28(27)41-18-20-17-37(14-15-39(20)26)30(40)43-31(2,3)4/h5-12,16,19H,13-15,17-18H2,1-4H3,(H,33,34,36)/q+1/b35-5-. The van der Waals surface area contributed by atoms with E-state index in [0.29, 0.717) is 60.2 Å². The minimum absolute atomic E-state index is 0.232. The zero-order valence-electron chi connectivity index (χ0n) is 24.5. The van der Waals surface area contributed by atoms with E-state index in [4.69, 9.17) is 14.2 Å². The van der Waals surface area contributed by atoms with Gasteiger partial charge in [-0.15, -0.1) is 0 Å². The van der Waals surface area contributed by atoms with Gasteiger partial charge in [0.1, 0.15) is 41.6 Å². The molecule has 6 rings (SSSR count). The van der Waals surface area contributed by atoms with Gasteiger partial charge in [-0.1, -0.05) is 0 Å². The maximum Gasteiger partial charge on any atom is 0.411 e. The molecule has 3 aliphatic rings. The third-order valence-electron chi connectivity index (χ3n) is 6.99. The smallest absolute Gasteiger partial charge is 0.411 e. The van der Waals surface area contributed by atoms with Gasteiger partial charge < -0.3 is 19.5 Å². The minimum Gasteiger partial charge on any atom is -0.475 e. The van der Waals surface area contributed by atoms with E-state index in [-0.39, 0.29) is 18.4 Å². The lowest BCUT2D eigenvalue weighted by Crippen LogP contribution is -2.50. The summed E-state index contributed by atoms with van der Waals surface area (Å²) in [5.41, 5.74) is 2.11. The number of anilines is 2. The highest BCUT2D eigenvalue weighted by Crippen LogP contribution is 2.41. The summed E-state index contributed by atoms with van der Waals surface area (Å²) in [5.74, 6) is 1.50. The van der Waals surface area contributed by atoms with Crippen molar-refractivity contribution in [1.29, 1.82) is 0 Å². The van der Waals surface area contributed by atoms with Crippen LogP contribution >= 0.6 is 0 Å². The van der Waals surface area contributed by atoms with Gasteiger partial charge in [-0.05, 0) is 58.0 Å². The van der Waals surface area contributed by atoms with Gasteiger partial charge in [0.2, 0.25) is 17.1 Å². The van der Waals surface area contributed by atoms with Crippen molar-refractivity contribution in [2.24, 2.45) is 5.10 Å². The minimum atomic E-state index is -0.569. The van der Waals surface area contributed by atoms with Gasteiger partial charge in [-0.25, -0.2) is 19.2 Å². The van der Waals surface area contributed by atoms with Gasteiger partial charge in [0.25, 0.3) is 0 Å². The highest BCUT2D eigenvalue weighted by Gasteiger charge is 2.37. The Balaban J connectivity index is 1.24. The second-order valence-corrected chi connectivity index (χ2v) is 11.2. The Bertz CT molecular complexity index is 1710. The molecule has 3 aliphatic heterocycles. The van der Waals surface area contributed by atoms with Crippen LogP contribution in [0.25, 0.3) is 10.9 Å². The van der Waals surface area contributed by atoms with Crippen molar-refractivity contribution in [2.75, 3.05) is 38.1 Å². The fraction of sp³-hybridized carbons (Fsp3) is 0.323. The number of rotatable bonds is 5. The van der Waals surface area contributed by atoms with Crippen molar-refractivity contribution in [1.82, 2.24) is 19.9 Å². The Kier molecular flexibility index (Phi) is 7.43. The van der Waals surface area contributed by atoms with Gasteiger partial charge in [-0.2, -0.15) is 9.68 Å². The molecule has 1 aromatic heterocycles. The van der Waals surface area contributed by atoms with Crippen LogP contribution in [-0.4, -0.2) is 80.9 Å². The predicted molar refractivity (Wildman–Crippen MR) is 161 cm³/mol. The second kappa shape index (κ2) is 11.3. The van der Waals surface area contributed by atoms with Crippen molar-refractivity contribution in [2.45, 2.75) is 33.3 Å². The molecule has 2 aromatic carbocycles. The number of halogens is 1. The average molecular weight is 587 g/mol. The molecule has 0 saturated heterocycles. The first kappa shape index (κ1) is 28.1. The molecular weight excluding hydrogens is 553 g/mol. The van der Waals surface area contributed by atoms with Crippen molar-refractivity contribution < 1.29 is 28.0 Å². The Morgan fingerprint density at radius 1 is 1.23 bits per heavy atom. The molecule has 0 aliphatic carbocycles. The average Bonchev–Trinajstić information content (AvgIpc) is 2.98. The zero-order valence-corrected chi connectivity index (χ0v) is 24.5. The number of amides is 1. The number of ether oxygens (including phenoxy) is 3. The second-order valence-electron chi connectivity index (χ2n) is 11.2. The van der Waals surface area contributed by atoms with Crippen LogP contribution in [0.15, 0.2) is 65.9 Å². The van der Waals surface area contributed by atoms with Crippen LogP contribution in [0.4, 0.5) is 26.4 Å². The molecule has 222 valence electrons. The molecule has 0 atom stereocenters. The van der Waals surface area contributed by atoms with E-state index in [1.807, 2.05) is 45.9 Å². The van der Waals surface area contributed by atoms with Crippen LogP contribution in [-0.2, 0) is 4.74 Å². The summed E-state index contributed by atoms with van der Waals surface area (Å²) in [7, 11) is 0. The van der Waals surface area contributed by atoms with Crippen LogP contribution in [0.2, 0.25) is 0 Å². The number of carbonyl (C=O) groups is 1. The van der Waals surface area contributed by atoms with Gasteiger partial charge >= 0.3 is 6.09 Å². The first-order chi connectivity index (χ1) is 20.7. The highest BCUT2D eigenvalue weighted by molar-refractivity contribution is 6.00. The van der Waals surface area contributed by atoms with E-state index in [0.717, 1.165) is 11.4 Å². The fourth-order valence-corrected chi connectivity index (χ4v) is 5.09. The summed E-state index contributed by atoms with van der Waals surface area (Å²) in [5, 5.41) is 9.72. The van der Waals surface area contributed by atoms with Gasteiger partial charge in [0.05, 0.1) is 29.7 Å². The molecule has 0 radical (unpaired) electrons.